The molecule has 0 aromatic rings. The van der Waals surface area contributed by atoms with Crippen LogP contribution in [0, 0.1) is 23.2 Å². The van der Waals surface area contributed by atoms with Gasteiger partial charge >= 0.3 is 0 Å². The quantitative estimate of drug-likeness (QED) is 0.499. The summed E-state index contributed by atoms with van der Waals surface area (Å²) in [4.78, 5) is 0. The Balaban J connectivity index is 2.30. The van der Waals surface area contributed by atoms with E-state index in [9.17, 15) is 0 Å². The van der Waals surface area contributed by atoms with Gasteiger partial charge in [-0.05, 0) is 48.9 Å². The lowest BCUT2D eigenvalue weighted by Gasteiger charge is -2.48. The summed E-state index contributed by atoms with van der Waals surface area (Å²) in [5, 5.41) is 0. The summed E-state index contributed by atoms with van der Waals surface area (Å²) in [5.74, 6) is 2.64. The van der Waals surface area contributed by atoms with Gasteiger partial charge in [-0.1, -0.05) is 39.3 Å². The number of fused-ring (bicyclic) bond motifs is 1. The lowest BCUT2D eigenvalue weighted by molar-refractivity contribution is 0.113. The molecule has 2 aliphatic rings. The van der Waals surface area contributed by atoms with Crippen LogP contribution < -0.4 is 0 Å². The van der Waals surface area contributed by atoms with E-state index in [1.54, 1.807) is 5.57 Å². The number of rotatable bonds is 0. The van der Waals surface area contributed by atoms with Crippen molar-refractivity contribution in [2.24, 2.45) is 23.2 Å². The zero-order valence-electron chi connectivity index (χ0n) is 10.1. The second-order valence-electron chi connectivity index (χ2n) is 5.93. The summed E-state index contributed by atoms with van der Waals surface area (Å²) < 4.78 is 0. The number of hydrogen-bond acceptors (Lipinski definition) is 0. The monoisotopic (exact) mass is 192 g/mol. The molecule has 14 heavy (non-hydrogen) atoms. The summed E-state index contributed by atoms with van der Waals surface area (Å²) in [7, 11) is 0. The molecule has 0 bridgehead atoms. The van der Waals surface area contributed by atoms with Gasteiger partial charge in [-0.3, -0.25) is 0 Å². The molecule has 0 aromatic heterocycles. The predicted octanol–water partition coefficient (Wildman–Crippen LogP) is 4.42. The highest BCUT2D eigenvalue weighted by Gasteiger charge is 2.42. The van der Waals surface area contributed by atoms with Gasteiger partial charge in [-0.2, -0.15) is 0 Å². The molecule has 0 N–H and O–H groups in total. The van der Waals surface area contributed by atoms with Crippen LogP contribution in [0.25, 0.3) is 0 Å². The van der Waals surface area contributed by atoms with Gasteiger partial charge in [0.1, 0.15) is 0 Å². The standard InChI is InChI=1S/C14H24/c1-10-7-8-14(4)12(3)11(2)5-6-13(14)9-10/h9-12H,5-8H2,1-4H3. The van der Waals surface area contributed by atoms with Crippen molar-refractivity contribution < 1.29 is 0 Å². The van der Waals surface area contributed by atoms with Gasteiger partial charge in [-0.25, -0.2) is 0 Å². The third-order valence-electron chi connectivity index (χ3n) is 5.07. The highest BCUT2D eigenvalue weighted by atomic mass is 14.5. The van der Waals surface area contributed by atoms with Crippen LogP contribution in [0.4, 0.5) is 0 Å². The SMILES string of the molecule is CC1C=C2CCC(C)C(C)C2(C)CC1. The van der Waals surface area contributed by atoms with Gasteiger partial charge in [0.05, 0.1) is 0 Å². The molecule has 0 nitrogen and oxygen atoms in total. The van der Waals surface area contributed by atoms with E-state index in [-0.39, 0.29) is 0 Å². The molecule has 0 spiro atoms. The summed E-state index contributed by atoms with van der Waals surface area (Å²) in [6.07, 6.45) is 8.18. The molecule has 0 aromatic carbocycles. The first-order valence-corrected chi connectivity index (χ1v) is 6.25. The van der Waals surface area contributed by atoms with Gasteiger partial charge in [0.25, 0.3) is 0 Å². The highest BCUT2D eigenvalue weighted by Crippen LogP contribution is 2.53. The van der Waals surface area contributed by atoms with Crippen LogP contribution in [0.1, 0.15) is 53.4 Å². The smallest absolute Gasteiger partial charge is 0.00879 e. The Kier molecular flexibility index (Phi) is 2.49. The molecule has 1 saturated carbocycles. The van der Waals surface area contributed by atoms with Crippen molar-refractivity contribution in [3.63, 3.8) is 0 Å². The Bertz CT molecular complexity index is 251. The van der Waals surface area contributed by atoms with Gasteiger partial charge in [0.2, 0.25) is 0 Å². The Morgan fingerprint density at radius 2 is 1.93 bits per heavy atom. The fraction of sp³-hybridized carbons (Fsp3) is 0.857. The van der Waals surface area contributed by atoms with Crippen LogP contribution in [0.15, 0.2) is 11.6 Å². The maximum atomic E-state index is 2.58. The van der Waals surface area contributed by atoms with Crippen molar-refractivity contribution in [1.82, 2.24) is 0 Å². The van der Waals surface area contributed by atoms with E-state index in [1.165, 1.54) is 25.7 Å². The summed E-state index contributed by atoms with van der Waals surface area (Å²) in [6, 6.07) is 0. The Morgan fingerprint density at radius 1 is 1.21 bits per heavy atom. The van der Waals surface area contributed by atoms with Crippen molar-refractivity contribution in [1.29, 1.82) is 0 Å². The largest absolute Gasteiger partial charge is 0.0819 e. The molecular formula is C14H24. The lowest BCUT2D eigenvalue weighted by Crippen LogP contribution is -2.38. The zero-order chi connectivity index (χ0) is 10.3. The first-order valence-electron chi connectivity index (χ1n) is 6.25. The third-order valence-corrected chi connectivity index (χ3v) is 5.07. The molecule has 0 aliphatic heterocycles. The van der Waals surface area contributed by atoms with Gasteiger partial charge in [0, 0.05) is 0 Å². The van der Waals surface area contributed by atoms with E-state index >= 15 is 0 Å². The maximum Gasteiger partial charge on any atom is -0.00879 e. The molecule has 1 fully saturated rings. The van der Waals surface area contributed by atoms with Crippen LogP contribution >= 0.6 is 0 Å². The van der Waals surface area contributed by atoms with Crippen LogP contribution in [0.2, 0.25) is 0 Å². The third kappa shape index (κ3) is 1.43. The molecule has 0 radical (unpaired) electrons. The van der Waals surface area contributed by atoms with Crippen molar-refractivity contribution in [3.05, 3.63) is 11.6 Å². The van der Waals surface area contributed by atoms with Gasteiger partial charge in [-0.15, -0.1) is 0 Å². The number of allylic oxidation sites excluding steroid dienone is 2. The number of hydrogen-bond donors (Lipinski definition) is 0. The van der Waals surface area contributed by atoms with Crippen molar-refractivity contribution in [2.75, 3.05) is 0 Å². The molecule has 4 unspecified atom stereocenters. The summed E-state index contributed by atoms with van der Waals surface area (Å²) in [6.45, 7) is 9.78. The van der Waals surface area contributed by atoms with Crippen molar-refractivity contribution in [2.45, 2.75) is 53.4 Å². The molecule has 4 atom stereocenters. The van der Waals surface area contributed by atoms with E-state index in [0.717, 1.165) is 17.8 Å². The highest BCUT2D eigenvalue weighted by molar-refractivity contribution is 5.21. The van der Waals surface area contributed by atoms with E-state index in [2.05, 4.69) is 33.8 Å². The second kappa shape index (κ2) is 3.40. The molecule has 0 amide bonds. The second-order valence-corrected chi connectivity index (χ2v) is 5.93. The summed E-state index contributed by atoms with van der Waals surface area (Å²) in [5.41, 5.74) is 2.33. The minimum absolute atomic E-state index is 0.546. The maximum absolute atomic E-state index is 2.58. The van der Waals surface area contributed by atoms with Crippen molar-refractivity contribution >= 4 is 0 Å². The molecule has 2 aliphatic carbocycles. The molecular weight excluding hydrogens is 168 g/mol. The van der Waals surface area contributed by atoms with Gasteiger partial charge in [0.15, 0.2) is 0 Å². The molecule has 2 rings (SSSR count). The Hall–Kier alpha value is -0.260. The predicted molar refractivity (Wildman–Crippen MR) is 62.2 cm³/mol. The van der Waals surface area contributed by atoms with E-state index in [4.69, 9.17) is 0 Å². The minimum atomic E-state index is 0.546. The zero-order valence-corrected chi connectivity index (χ0v) is 10.1. The average molecular weight is 192 g/mol. The normalized spacial score (nSPS) is 48.3. The molecule has 80 valence electrons. The van der Waals surface area contributed by atoms with Gasteiger partial charge < -0.3 is 0 Å². The fourth-order valence-electron chi connectivity index (χ4n) is 3.46. The van der Waals surface area contributed by atoms with Crippen LogP contribution in [-0.2, 0) is 0 Å². The lowest BCUT2D eigenvalue weighted by atomic mass is 9.56. The molecule has 0 heterocycles. The first kappa shape index (κ1) is 10.3. The van der Waals surface area contributed by atoms with E-state index < -0.39 is 0 Å². The average Bonchev–Trinajstić information content (AvgIpc) is 2.16. The topological polar surface area (TPSA) is 0 Å². The molecule has 0 heteroatoms. The Morgan fingerprint density at radius 3 is 2.64 bits per heavy atom. The first-order chi connectivity index (χ1) is 6.54. The van der Waals surface area contributed by atoms with Crippen LogP contribution in [0.3, 0.4) is 0 Å². The summed E-state index contributed by atoms with van der Waals surface area (Å²) >= 11 is 0. The van der Waals surface area contributed by atoms with E-state index in [0.29, 0.717) is 5.41 Å². The molecule has 0 saturated heterocycles. The fourth-order valence-corrected chi connectivity index (χ4v) is 3.46. The van der Waals surface area contributed by atoms with Crippen LogP contribution in [-0.4, -0.2) is 0 Å². The van der Waals surface area contributed by atoms with E-state index in [1.807, 2.05) is 0 Å². The minimum Gasteiger partial charge on any atom is -0.0819 e. The Labute approximate surface area is 88.8 Å². The van der Waals surface area contributed by atoms with Crippen LogP contribution in [0.5, 0.6) is 0 Å². The van der Waals surface area contributed by atoms with Crippen molar-refractivity contribution in [3.8, 4) is 0 Å².